The smallest absolute Gasteiger partial charge is 0.240 e. The Morgan fingerprint density at radius 1 is 0.917 bits per heavy atom. The Kier molecular flexibility index (Phi) is 10.0. The zero-order valence-corrected chi connectivity index (χ0v) is 26.9. The average Bonchev–Trinajstić information content (AvgIpc) is 3.92. The largest absolute Gasteiger partial charge is 0.493 e. The lowest BCUT2D eigenvalue weighted by molar-refractivity contribution is -0.131. The molecule has 12 heteroatoms. The molecule has 1 aliphatic carbocycles. The van der Waals surface area contributed by atoms with Gasteiger partial charge in [-0.05, 0) is 67.8 Å². The maximum atomic E-state index is 15.3. The van der Waals surface area contributed by atoms with Crippen molar-refractivity contribution >= 4 is 34.1 Å². The number of rotatable bonds is 13. The van der Waals surface area contributed by atoms with E-state index in [2.05, 4.69) is 27.4 Å². The fourth-order valence-corrected chi connectivity index (χ4v) is 5.64. The summed E-state index contributed by atoms with van der Waals surface area (Å²) in [6.45, 7) is 6.92. The van der Waals surface area contributed by atoms with Gasteiger partial charge in [0.05, 0.1) is 32.4 Å². The minimum atomic E-state index is -1.28. The standard InChI is InChI=1S/C36H38F2N4O6/c1-3-23(21-42-14-16-46-17-15-42)22-47-33-20-29-27(19-32(33)45-2)30(10-13-39-29)48-31-9-8-26(18-28(31)38)41-35(44)36(11-12-36)34(43)40-25-6-4-24(37)5-7-25/h4-10,13,18-20,23H,3,11-12,14-17,21-22H2,1-2H3,(H,40,43)(H,41,44). The summed E-state index contributed by atoms with van der Waals surface area (Å²) < 4.78 is 51.9. The van der Waals surface area contributed by atoms with Crippen LogP contribution < -0.4 is 24.8 Å². The van der Waals surface area contributed by atoms with Crippen molar-refractivity contribution in [1.29, 1.82) is 0 Å². The Hall–Kier alpha value is -4.81. The number of anilines is 2. The average molecular weight is 661 g/mol. The molecule has 1 aliphatic heterocycles. The van der Waals surface area contributed by atoms with E-state index in [0.29, 0.717) is 59.2 Å². The maximum Gasteiger partial charge on any atom is 0.240 e. The van der Waals surface area contributed by atoms with Gasteiger partial charge in [-0.1, -0.05) is 6.92 Å². The lowest BCUT2D eigenvalue weighted by Crippen LogP contribution is -2.40. The highest BCUT2D eigenvalue weighted by Gasteiger charge is 2.56. The Balaban J connectivity index is 1.12. The monoisotopic (exact) mass is 660 g/mol. The second kappa shape index (κ2) is 14.5. The summed E-state index contributed by atoms with van der Waals surface area (Å²) in [5.74, 6) is -0.526. The highest BCUT2D eigenvalue weighted by molar-refractivity contribution is 6.16. The van der Waals surface area contributed by atoms with Crippen molar-refractivity contribution in [1.82, 2.24) is 9.88 Å². The lowest BCUT2D eigenvalue weighted by Gasteiger charge is -2.30. The van der Waals surface area contributed by atoms with E-state index in [9.17, 15) is 14.0 Å². The molecule has 2 N–H and O–H groups in total. The fourth-order valence-electron chi connectivity index (χ4n) is 5.64. The van der Waals surface area contributed by atoms with Gasteiger partial charge in [0.1, 0.15) is 17.0 Å². The van der Waals surface area contributed by atoms with Crippen molar-refractivity contribution in [2.24, 2.45) is 11.3 Å². The maximum absolute atomic E-state index is 15.3. The SMILES string of the molecule is CCC(COc1cc2nccc(Oc3ccc(NC(=O)C4(C(=O)Nc5ccc(F)cc5)CC4)cc3F)c2cc1OC)CN1CCOCC1. The number of carbonyl (C=O) groups is 2. The van der Waals surface area contributed by atoms with Crippen LogP contribution in [0.25, 0.3) is 10.9 Å². The molecule has 1 atom stereocenters. The molecule has 0 spiro atoms. The van der Waals surface area contributed by atoms with E-state index in [-0.39, 0.29) is 11.4 Å². The molecule has 1 saturated heterocycles. The molecule has 0 radical (unpaired) electrons. The number of morpholine rings is 1. The third-order valence-electron chi connectivity index (χ3n) is 8.79. The summed E-state index contributed by atoms with van der Waals surface area (Å²) in [5, 5.41) is 5.90. The van der Waals surface area contributed by atoms with Crippen LogP contribution in [0, 0.1) is 23.0 Å². The van der Waals surface area contributed by atoms with Gasteiger partial charge >= 0.3 is 0 Å². The summed E-state index contributed by atoms with van der Waals surface area (Å²) >= 11 is 0. The normalized spacial score (nSPS) is 16.2. The van der Waals surface area contributed by atoms with Crippen LogP contribution in [0.3, 0.4) is 0 Å². The molecule has 252 valence electrons. The first-order chi connectivity index (χ1) is 23.3. The van der Waals surface area contributed by atoms with Gasteiger partial charge in [0.25, 0.3) is 0 Å². The van der Waals surface area contributed by atoms with E-state index in [4.69, 9.17) is 18.9 Å². The molecule has 2 amide bonds. The number of hydrogen-bond donors (Lipinski definition) is 2. The highest BCUT2D eigenvalue weighted by Crippen LogP contribution is 2.47. The van der Waals surface area contributed by atoms with E-state index in [1.807, 2.05) is 0 Å². The molecule has 2 heterocycles. The van der Waals surface area contributed by atoms with Crippen molar-refractivity contribution in [3.63, 3.8) is 0 Å². The number of nitrogens with zero attached hydrogens (tertiary/aromatic N) is 2. The van der Waals surface area contributed by atoms with Crippen LogP contribution in [0.1, 0.15) is 26.2 Å². The van der Waals surface area contributed by atoms with Crippen LogP contribution >= 0.6 is 0 Å². The van der Waals surface area contributed by atoms with Gasteiger partial charge in [-0.3, -0.25) is 19.5 Å². The topological polar surface area (TPSA) is 111 Å². The molecule has 1 aromatic heterocycles. The van der Waals surface area contributed by atoms with Crippen molar-refractivity contribution in [2.75, 3.05) is 57.2 Å². The molecule has 2 aliphatic rings. The number of nitrogens with one attached hydrogen (secondary N) is 2. The number of amides is 2. The van der Waals surface area contributed by atoms with E-state index >= 15 is 4.39 Å². The molecule has 1 saturated carbocycles. The van der Waals surface area contributed by atoms with E-state index in [1.165, 1.54) is 36.4 Å². The number of benzene rings is 3. The molecule has 4 aromatic rings. The molecule has 48 heavy (non-hydrogen) atoms. The van der Waals surface area contributed by atoms with Gasteiger partial charge < -0.3 is 29.6 Å². The summed E-state index contributed by atoms with van der Waals surface area (Å²) in [6.07, 6.45) is 3.22. The highest BCUT2D eigenvalue weighted by atomic mass is 19.1. The first-order valence-corrected chi connectivity index (χ1v) is 16.0. The van der Waals surface area contributed by atoms with Crippen LogP contribution in [0.15, 0.2) is 66.9 Å². The molecular formula is C36H38F2N4O6. The van der Waals surface area contributed by atoms with E-state index in [1.54, 1.807) is 31.5 Å². The molecule has 6 rings (SSSR count). The number of methoxy groups -OCH3 is 1. The first kappa shape index (κ1) is 33.1. The first-order valence-electron chi connectivity index (χ1n) is 16.0. The minimum absolute atomic E-state index is 0.0659. The minimum Gasteiger partial charge on any atom is -0.493 e. The van der Waals surface area contributed by atoms with Gasteiger partial charge in [0.2, 0.25) is 11.8 Å². The predicted octanol–water partition coefficient (Wildman–Crippen LogP) is 6.41. The zero-order chi connectivity index (χ0) is 33.7. The third kappa shape index (κ3) is 7.50. The zero-order valence-electron chi connectivity index (χ0n) is 26.9. The van der Waals surface area contributed by atoms with Gasteiger partial charge in [0.15, 0.2) is 23.1 Å². The van der Waals surface area contributed by atoms with E-state index in [0.717, 1.165) is 45.3 Å². The van der Waals surface area contributed by atoms with Gasteiger partial charge in [-0.2, -0.15) is 0 Å². The summed E-state index contributed by atoms with van der Waals surface area (Å²) in [7, 11) is 1.56. The second-order valence-electron chi connectivity index (χ2n) is 12.1. The molecule has 3 aromatic carbocycles. The molecule has 10 nitrogen and oxygen atoms in total. The fraction of sp³-hybridized carbons (Fsp3) is 0.361. The number of hydrogen-bond acceptors (Lipinski definition) is 8. The molecule has 1 unspecified atom stereocenters. The number of aromatic nitrogens is 1. The third-order valence-corrected chi connectivity index (χ3v) is 8.79. The van der Waals surface area contributed by atoms with E-state index < -0.39 is 28.9 Å². The van der Waals surface area contributed by atoms with Crippen LogP contribution in [-0.4, -0.2) is 68.3 Å². The van der Waals surface area contributed by atoms with Crippen molar-refractivity contribution in [3.05, 3.63) is 78.5 Å². The Labute approximate surface area is 277 Å². The number of carbonyl (C=O) groups excluding carboxylic acids is 2. The quantitative estimate of drug-likeness (QED) is 0.158. The summed E-state index contributed by atoms with van der Waals surface area (Å²) in [4.78, 5) is 32.8. The Morgan fingerprint density at radius 2 is 1.62 bits per heavy atom. The van der Waals surface area contributed by atoms with Gasteiger partial charge in [-0.15, -0.1) is 0 Å². The number of pyridine rings is 1. The van der Waals surface area contributed by atoms with Crippen molar-refractivity contribution < 1.29 is 37.3 Å². The number of halogens is 2. The second-order valence-corrected chi connectivity index (χ2v) is 12.1. The number of fused-ring (bicyclic) bond motifs is 1. The lowest BCUT2D eigenvalue weighted by atomic mass is 10.0. The van der Waals surface area contributed by atoms with Crippen LogP contribution in [0.2, 0.25) is 0 Å². The van der Waals surface area contributed by atoms with Gasteiger partial charge in [-0.25, -0.2) is 8.78 Å². The van der Waals surface area contributed by atoms with Crippen molar-refractivity contribution in [2.45, 2.75) is 26.2 Å². The summed E-state index contributed by atoms with van der Waals surface area (Å²) in [5.41, 5.74) is -0.143. The molecular weight excluding hydrogens is 622 g/mol. The van der Waals surface area contributed by atoms with Crippen LogP contribution in [0.5, 0.6) is 23.0 Å². The van der Waals surface area contributed by atoms with Crippen LogP contribution in [-0.2, 0) is 14.3 Å². The molecule has 0 bridgehead atoms. The van der Waals surface area contributed by atoms with Gasteiger partial charge in [0, 0.05) is 60.6 Å². The summed E-state index contributed by atoms with van der Waals surface area (Å²) in [6, 6.07) is 14.5. The molecule has 2 fully saturated rings. The number of ether oxygens (including phenoxy) is 4. The van der Waals surface area contributed by atoms with Crippen LogP contribution in [0.4, 0.5) is 20.2 Å². The van der Waals surface area contributed by atoms with Crippen molar-refractivity contribution in [3.8, 4) is 23.0 Å². The Bertz CT molecular complexity index is 1780. The Morgan fingerprint density at radius 3 is 2.29 bits per heavy atom. The predicted molar refractivity (Wildman–Crippen MR) is 177 cm³/mol.